The second-order valence-corrected chi connectivity index (χ2v) is 4.27. The topological polar surface area (TPSA) is 66.5 Å². The molecule has 0 amide bonds. The average molecular weight is 296 g/mol. The molecule has 0 fully saturated rings. The zero-order valence-electron chi connectivity index (χ0n) is 9.79. The summed E-state index contributed by atoms with van der Waals surface area (Å²) in [7, 11) is 0. The molecule has 2 aromatic rings. The summed E-state index contributed by atoms with van der Waals surface area (Å²) in [5.41, 5.74) is 0.974. The number of hydrogen-bond donors (Lipinski definition) is 2. The molecule has 0 atom stereocenters. The molecule has 0 aliphatic rings. The third kappa shape index (κ3) is 2.46. The van der Waals surface area contributed by atoms with Gasteiger partial charge in [-0.1, -0.05) is 6.92 Å². The first-order valence-corrected chi connectivity index (χ1v) is 6.35. The SMILES string of the molecule is CCNc1nc(-c2ncc[nH]2)nc(CC)c1Br. The number of nitrogens with zero attached hydrogens (tertiary/aromatic N) is 3. The Morgan fingerprint density at radius 1 is 1.35 bits per heavy atom. The van der Waals surface area contributed by atoms with Crippen molar-refractivity contribution in [3.05, 3.63) is 22.6 Å². The maximum atomic E-state index is 4.48. The third-order valence-corrected chi connectivity index (χ3v) is 3.14. The van der Waals surface area contributed by atoms with Crippen LogP contribution in [0, 0.1) is 0 Å². The normalized spacial score (nSPS) is 10.5. The summed E-state index contributed by atoms with van der Waals surface area (Å²) < 4.78 is 0.928. The highest BCUT2D eigenvalue weighted by molar-refractivity contribution is 9.10. The smallest absolute Gasteiger partial charge is 0.197 e. The summed E-state index contributed by atoms with van der Waals surface area (Å²) >= 11 is 3.52. The van der Waals surface area contributed by atoms with Gasteiger partial charge < -0.3 is 10.3 Å². The van der Waals surface area contributed by atoms with E-state index in [0.717, 1.165) is 29.0 Å². The lowest BCUT2D eigenvalue weighted by Gasteiger charge is -2.10. The minimum atomic E-state index is 0.617. The molecule has 0 aliphatic carbocycles. The first-order chi connectivity index (χ1) is 8.26. The van der Waals surface area contributed by atoms with E-state index in [1.54, 1.807) is 12.4 Å². The van der Waals surface area contributed by atoms with Crippen molar-refractivity contribution >= 4 is 21.7 Å². The van der Waals surface area contributed by atoms with Gasteiger partial charge in [0, 0.05) is 18.9 Å². The summed E-state index contributed by atoms with van der Waals surface area (Å²) in [6.45, 7) is 4.91. The summed E-state index contributed by atoms with van der Waals surface area (Å²) in [6.07, 6.45) is 4.30. The Morgan fingerprint density at radius 3 is 2.76 bits per heavy atom. The van der Waals surface area contributed by atoms with Crippen LogP contribution < -0.4 is 5.32 Å². The standard InChI is InChI=1S/C11H14BrN5/c1-3-7-8(12)9(13-4-2)17-11(16-7)10-14-5-6-15-10/h5-6H,3-4H2,1-2H3,(H,14,15)(H,13,16,17). The van der Waals surface area contributed by atoms with Crippen molar-refractivity contribution in [2.45, 2.75) is 20.3 Å². The molecule has 0 aliphatic heterocycles. The summed E-state index contributed by atoms with van der Waals surface area (Å²) in [5.74, 6) is 2.11. The van der Waals surface area contributed by atoms with E-state index in [1.807, 2.05) is 6.92 Å². The van der Waals surface area contributed by atoms with E-state index in [4.69, 9.17) is 0 Å². The van der Waals surface area contributed by atoms with Crippen LogP contribution in [0.25, 0.3) is 11.6 Å². The van der Waals surface area contributed by atoms with E-state index in [1.165, 1.54) is 0 Å². The monoisotopic (exact) mass is 295 g/mol. The highest BCUT2D eigenvalue weighted by Crippen LogP contribution is 2.26. The molecular formula is C11H14BrN5. The highest BCUT2D eigenvalue weighted by atomic mass is 79.9. The molecule has 2 N–H and O–H groups in total. The number of imidazole rings is 1. The molecule has 0 radical (unpaired) electrons. The van der Waals surface area contributed by atoms with Gasteiger partial charge in [0.2, 0.25) is 0 Å². The van der Waals surface area contributed by atoms with E-state index in [2.05, 4.69) is 48.1 Å². The zero-order chi connectivity index (χ0) is 12.3. The lowest BCUT2D eigenvalue weighted by Crippen LogP contribution is -2.06. The van der Waals surface area contributed by atoms with Crippen molar-refractivity contribution in [2.24, 2.45) is 0 Å². The Bertz CT molecular complexity index is 495. The van der Waals surface area contributed by atoms with Crippen LogP contribution >= 0.6 is 15.9 Å². The van der Waals surface area contributed by atoms with Crippen LogP contribution in [0.2, 0.25) is 0 Å². The van der Waals surface area contributed by atoms with Crippen LogP contribution in [0.3, 0.4) is 0 Å². The first kappa shape index (κ1) is 12.0. The second-order valence-electron chi connectivity index (χ2n) is 3.48. The van der Waals surface area contributed by atoms with Gasteiger partial charge in [-0.25, -0.2) is 15.0 Å². The number of aromatic amines is 1. The van der Waals surface area contributed by atoms with Gasteiger partial charge in [-0.05, 0) is 29.3 Å². The Kier molecular flexibility index (Phi) is 3.73. The largest absolute Gasteiger partial charge is 0.369 e. The molecule has 0 bridgehead atoms. The maximum absolute atomic E-state index is 4.48. The van der Waals surface area contributed by atoms with Crippen molar-refractivity contribution < 1.29 is 0 Å². The number of anilines is 1. The van der Waals surface area contributed by atoms with Crippen molar-refractivity contribution in [3.8, 4) is 11.6 Å². The molecule has 0 spiro atoms. The fourth-order valence-corrected chi connectivity index (χ4v) is 2.10. The highest BCUT2D eigenvalue weighted by Gasteiger charge is 2.12. The number of hydrogen-bond acceptors (Lipinski definition) is 4. The third-order valence-electron chi connectivity index (χ3n) is 2.31. The number of H-pyrrole nitrogens is 1. The molecule has 17 heavy (non-hydrogen) atoms. The van der Waals surface area contributed by atoms with E-state index in [-0.39, 0.29) is 0 Å². The fourth-order valence-electron chi connectivity index (χ4n) is 1.51. The van der Waals surface area contributed by atoms with Gasteiger partial charge in [-0.15, -0.1) is 0 Å². The molecule has 6 heteroatoms. The van der Waals surface area contributed by atoms with Gasteiger partial charge in [-0.2, -0.15) is 0 Å². The van der Waals surface area contributed by atoms with Crippen molar-refractivity contribution in [3.63, 3.8) is 0 Å². The Morgan fingerprint density at radius 2 is 2.18 bits per heavy atom. The molecule has 90 valence electrons. The minimum absolute atomic E-state index is 0.617. The zero-order valence-corrected chi connectivity index (χ0v) is 11.4. The number of aromatic nitrogens is 4. The van der Waals surface area contributed by atoms with Gasteiger partial charge in [0.1, 0.15) is 5.82 Å². The van der Waals surface area contributed by atoms with Crippen LogP contribution in [-0.4, -0.2) is 26.5 Å². The van der Waals surface area contributed by atoms with Gasteiger partial charge >= 0.3 is 0 Å². The second kappa shape index (κ2) is 5.27. The van der Waals surface area contributed by atoms with E-state index in [9.17, 15) is 0 Å². The number of halogens is 1. The van der Waals surface area contributed by atoms with Crippen LogP contribution in [0.1, 0.15) is 19.5 Å². The number of aryl methyl sites for hydroxylation is 1. The predicted molar refractivity (Wildman–Crippen MR) is 70.9 cm³/mol. The summed E-state index contributed by atoms with van der Waals surface area (Å²) in [6, 6.07) is 0. The Hall–Kier alpha value is -1.43. The van der Waals surface area contributed by atoms with Crippen LogP contribution in [0.15, 0.2) is 16.9 Å². The van der Waals surface area contributed by atoms with Crippen molar-refractivity contribution in [1.82, 2.24) is 19.9 Å². The van der Waals surface area contributed by atoms with Crippen LogP contribution in [0.5, 0.6) is 0 Å². The molecule has 0 aromatic carbocycles. The van der Waals surface area contributed by atoms with Gasteiger partial charge in [0.05, 0.1) is 10.2 Å². The molecule has 0 saturated carbocycles. The molecule has 2 heterocycles. The quantitative estimate of drug-likeness (QED) is 0.910. The van der Waals surface area contributed by atoms with E-state index in [0.29, 0.717) is 11.6 Å². The van der Waals surface area contributed by atoms with E-state index < -0.39 is 0 Å². The number of rotatable bonds is 4. The first-order valence-electron chi connectivity index (χ1n) is 5.56. The Balaban J connectivity index is 2.50. The minimum Gasteiger partial charge on any atom is -0.369 e. The number of nitrogens with one attached hydrogen (secondary N) is 2. The summed E-state index contributed by atoms with van der Waals surface area (Å²) in [5, 5.41) is 3.21. The van der Waals surface area contributed by atoms with Gasteiger partial charge in [0.15, 0.2) is 11.6 Å². The lowest BCUT2D eigenvalue weighted by atomic mass is 10.3. The van der Waals surface area contributed by atoms with Crippen molar-refractivity contribution in [2.75, 3.05) is 11.9 Å². The molecule has 2 rings (SSSR count). The maximum Gasteiger partial charge on any atom is 0.197 e. The molecule has 5 nitrogen and oxygen atoms in total. The van der Waals surface area contributed by atoms with E-state index >= 15 is 0 Å². The average Bonchev–Trinajstić information content (AvgIpc) is 2.85. The predicted octanol–water partition coefficient (Wildman–Crippen LogP) is 2.62. The fraction of sp³-hybridized carbons (Fsp3) is 0.364. The molecule has 2 aromatic heterocycles. The lowest BCUT2D eigenvalue weighted by molar-refractivity contribution is 0.973. The Labute approximate surface area is 108 Å². The molecule has 0 saturated heterocycles. The molecular weight excluding hydrogens is 282 g/mol. The summed E-state index contributed by atoms with van der Waals surface area (Å²) in [4.78, 5) is 16.1. The van der Waals surface area contributed by atoms with Crippen LogP contribution in [0.4, 0.5) is 5.82 Å². The van der Waals surface area contributed by atoms with Gasteiger partial charge in [0.25, 0.3) is 0 Å². The van der Waals surface area contributed by atoms with Crippen molar-refractivity contribution in [1.29, 1.82) is 0 Å². The van der Waals surface area contributed by atoms with Crippen LogP contribution in [-0.2, 0) is 6.42 Å². The van der Waals surface area contributed by atoms with Gasteiger partial charge in [-0.3, -0.25) is 0 Å². The molecule has 0 unspecified atom stereocenters.